The van der Waals surface area contributed by atoms with Gasteiger partial charge in [-0.15, -0.1) is 0 Å². The van der Waals surface area contributed by atoms with E-state index >= 15 is 0 Å². The van der Waals surface area contributed by atoms with Crippen molar-refractivity contribution in [2.45, 2.75) is 36.8 Å². The lowest BCUT2D eigenvalue weighted by atomic mass is 9.69. The van der Waals surface area contributed by atoms with Crippen molar-refractivity contribution in [1.82, 2.24) is 20.6 Å². The smallest absolute Gasteiger partial charge is 0.376 e. The molecule has 8 nitrogen and oxygen atoms in total. The van der Waals surface area contributed by atoms with Gasteiger partial charge in [-0.2, -0.15) is 0 Å². The average Bonchev–Trinajstić information content (AvgIpc) is 3.10. The number of methoxy groups -OCH3 is 1. The molecular formula is C21H25N5O3. The van der Waals surface area contributed by atoms with Gasteiger partial charge < -0.3 is 15.4 Å². The topological polar surface area (TPSA) is 96.5 Å². The van der Waals surface area contributed by atoms with Crippen LogP contribution in [0.5, 0.6) is 0 Å². The van der Waals surface area contributed by atoms with Crippen molar-refractivity contribution >= 4 is 17.7 Å². The summed E-state index contributed by atoms with van der Waals surface area (Å²) in [5.74, 6) is -0.625. The predicted octanol–water partition coefficient (Wildman–Crippen LogP) is 2.22. The molecule has 1 saturated heterocycles. The Morgan fingerprint density at radius 3 is 2.38 bits per heavy atom. The number of rotatable bonds is 4. The van der Waals surface area contributed by atoms with Gasteiger partial charge in [0.2, 0.25) is 5.82 Å². The standard InChI is InChI=1S/C21H25N5O3/c1-22-21(15-6-4-3-5-7-15)10-8-20(9-11-21)14-26(19(28)25-20)16-12-23-17(24-13-16)18(27)29-2/h3-7,12-13,22H,8-11,14H2,1-2H3,(H,25,28). The first-order valence-electron chi connectivity index (χ1n) is 9.75. The van der Waals surface area contributed by atoms with Crippen molar-refractivity contribution in [3.8, 4) is 0 Å². The zero-order valence-electron chi connectivity index (χ0n) is 16.6. The van der Waals surface area contributed by atoms with Crippen LogP contribution in [0.3, 0.4) is 0 Å². The summed E-state index contributed by atoms with van der Waals surface area (Å²) < 4.78 is 4.62. The number of anilines is 1. The first-order valence-corrected chi connectivity index (χ1v) is 9.75. The van der Waals surface area contributed by atoms with Gasteiger partial charge in [-0.05, 0) is 38.3 Å². The minimum Gasteiger partial charge on any atom is -0.463 e. The van der Waals surface area contributed by atoms with E-state index in [1.807, 2.05) is 13.1 Å². The largest absolute Gasteiger partial charge is 0.463 e. The molecule has 2 fully saturated rings. The Hall–Kier alpha value is -3.00. The van der Waals surface area contributed by atoms with Crippen molar-refractivity contribution in [2.75, 3.05) is 25.6 Å². The SMILES string of the molecule is CNC1(c2ccccc2)CCC2(CC1)CN(c1cnc(C(=O)OC)nc1)C(=O)N2. The van der Waals surface area contributed by atoms with E-state index in [-0.39, 0.29) is 22.9 Å². The number of aromatic nitrogens is 2. The van der Waals surface area contributed by atoms with Crippen molar-refractivity contribution in [2.24, 2.45) is 0 Å². The van der Waals surface area contributed by atoms with Gasteiger partial charge in [0, 0.05) is 5.54 Å². The molecule has 1 saturated carbocycles. The summed E-state index contributed by atoms with van der Waals surface area (Å²) in [6, 6.07) is 10.3. The van der Waals surface area contributed by atoms with Gasteiger partial charge in [-0.25, -0.2) is 19.6 Å². The average molecular weight is 395 g/mol. The number of hydrogen-bond acceptors (Lipinski definition) is 6. The number of ether oxygens (including phenoxy) is 1. The number of hydrogen-bond donors (Lipinski definition) is 2. The highest BCUT2D eigenvalue weighted by Crippen LogP contribution is 2.43. The lowest BCUT2D eigenvalue weighted by molar-refractivity contribution is 0.0586. The fraction of sp³-hybridized carbons (Fsp3) is 0.429. The van der Waals surface area contributed by atoms with Gasteiger partial charge in [-0.1, -0.05) is 30.3 Å². The number of carbonyl (C=O) groups is 2. The van der Waals surface area contributed by atoms with Crippen LogP contribution in [0.25, 0.3) is 0 Å². The lowest BCUT2D eigenvalue weighted by Gasteiger charge is -2.45. The third-order valence-electron chi connectivity index (χ3n) is 6.26. The molecule has 8 heteroatoms. The molecule has 0 radical (unpaired) electrons. The highest BCUT2D eigenvalue weighted by Gasteiger charge is 2.49. The van der Waals surface area contributed by atoms with Gasteiger partial charge in [0.15, 0.2) is 0 Å². The Balaban J connectivity index is 1.49. The Morgan fingerprint density at radius 2 is 1.79 bits per heavy atom. The second-order valence-corrected chi connectivity index (χ2v) is 7.75. The molecule has 2 aromatic rings. The van der Waals surface area contributed by atoms with E-state index < -0.39 is 5.97 Å². The number of urea groups is 1. The van der Waals surface area contributed by atoms with Crippen LogP contribution in [0, 0.1) is 0 Å². The Labute approximate surface area is 169 Å². The van der Waals surface area contributed by atoms with E-state index in [2.05, 4.69) is 49.6 Å². The second-order valence-electron chi connectivity index (χ2n) is 7.75. The minimum absolute atomic E-state index is 0.0232. The Bertz CT molecular complexity index is 892. The number of nitrogens with zero attached hydrogens (tertiary/aromatic N) is 3. The zero-order valence-corrected chi connectivity index (χ0v) is 16.6. The molecule has 0 atom stereocenters. The maximum Gasteiger partial charge on any atom is 0.376 e. The number of benzene rings is 1. The summed E-state index contributed by atoms with van der Waals surface area (Å²) in [6.45, 7) is 0.557. The predicted molar refractivity (Wildman–Crippen MR) is 108 cm³/mol. The van der Waals surface area contributed by atoms with Crippen LogP contribution in [0.15, 0.2) is 42.7 Å². The summed E-state index contributed by atoms with van der Waals surface area (Å²) in [4.78, 5) is 33.9. The third kappa shape index (κ3) is 3.44. The van der Waals surface area contributed by atoms with Crippen LogP contribution in [-0.4, -0.2) is 48.2 Å². The maximum absolute atomic E-state index is 12.7. The van der Waals surface area contributed by atoms with E-state index in [9.17, 15) is 9.59 Å². The summed E-state index contributed by atoms with van der Waals surface area (Å²) >= 11 is 0. The first kappa shape index (κ1) is 19.3. The van der Waals surface area contributed by atoms with Gasteiger partial charge in [-0.3, -0.25) is 4.90 Å². The van der Waals surface area contributed by atoms with E-state index in [0.29, 0.717) is 12.2 Å². The van der Waals surface area contributed by atoms with Gasteiger partial charge >= 0.3 is 12.0 Å². The third-order valence-corrected chi connectivity index (χ3v) is 6.26. The van der Waals surface area contributed by atoms with Crippen molar-refractivity contribution in [3.05, 3.63) is 54.1 Å². The van der Waals surface area contributed by atoms with Crippen LogP contribution in [0.2, 0.25) is 0 Å². The minimum atomic E-state index is -0.601. The molecule has 1 aromatic heterocycles. The highest BCUT2D eigenvalue weighted by molar-refractivity contribution is 5.95. The molecule has 0 unspecified atom stereocenters. The quantitative estimate of drug-likeness (QED) is 0.771. The molecule has 2 aliphatic rings. The molecule has 2 amide bonds. The molecule has 1 aliphatic heterocycles. The second kappa shape index (κ2) is 7.44. The molecule has 1 aromatic carbocycles. The fourth-order valence-corrected chi connectivity index (χ4v) is 4.45. The number of carbonyl (C=O) groups excluding carboxylic acids is 2. The van der Waals surface area contributed by atoms with Crippen LogP contribution < -0.4 is 15.5 Å². The van der Waals surface area contributed by atoms with Crippen molar-refractivity contribution in [1.29, 1.82) is 0 Å². The summed E-state index contributed by atoms with van der Waals surface area (Å²) in [5.41, 5.74) is 1.51. The van der Waals surface area contributed by atoms with Crippen molar-refractivity contribution < 1.29 is 14.3 Å². The van der Waals surface area contributed by atoms with E-state index in [0.717, 1.165) is 25.7 Å². The maximum atomic E-state index is 12.7. The molecule has 2 N–H and O–H groups in total. The molecule has 4 rings (SSSR count). The lowest BCUT2D eigenvalue weighted by Crippen LogP contribution is -2.53. The van der Waals surface area contributed by atoms with Crippen LogP contribution >= 0.6 is 0 Å². The van der Waals surface area contributed by atoms with E-state index in [1.54, 1.807) is 4.90 Å². The molecular weight excluding hydrogens is 370 g/mol. The van der Waals surface area contributed by atoms with Crippen LogP contribution in [0.1, 0.15) is 41.9 Å². The van der Waals surface area contributed by atoms with Crippen molar-refractivity contribution in [3.63, 3.8) is 0 Å². The number of esters is 1. The summed E-state index contributed by atoms with van der Waals surface area (Å²) in [5, 5.41) is 6.72. The normalized spacial score (nSPS) is 26.4. The van der Waals surface area contributed by atoms with Crippen LogP contribution in [0.4, 0.5) is 10.5 Å². The molecule has 1 aliphatic carbocycles. The molecule has 2 heterocycles. The van der Waals surface area contributed by atoms with E-state index in [4.69, 9.17) is 0 Å². The fourth-order valence-electron chi connectivity index (χ4n) is 4.45. The Morgan fingerprint density at radius 1 is 1.14 bits per heavy atom. The van der Waals surface area contributed by atoms with Crippen LogP contribution in [-0.2, 0) is 10.3 Å². The molecule has 152 valence electrons. The van der Waals surface area contributed by atoms with E-state index in [1.165, 1.54) is 25.1 Å². The van der Waals surface area contributed by atoms with Gasteiger partial charge in [0.25, 0.3) is 0 Å². The Kier molecular flexibility index (Phi) is 4.96. The van der Waals surface area contributed by atoms with Gasteiger partial charge in [0.05, 0.1) is 37.3 Å². The monoisotopic (exact) mass is 395 g/mol. The number of nitrogens with one attached hydrogen (secondary N) is 2. The van der Waals surface area contributed by atoms with Gasteiger partial charge in [0.1, 0.15) is 0 Å². The molecule has 1 spiro atoms. The first-order chi connectivity index (χ1) is 14.0. The number of amides is 2. The summed E-state index contributed by atoms with van der Waals surface area (Å²) in [7, 11) is 3.28. The highest BCUT2D eigenvalue weighted by atomic mass is 16.5. The zero-order chi connectivity index (χ0) is 20.5. The molecule has 29 heavy (non-hydrogen) atoms. The summed E-state index contributed by atoms with van der Waals surface area (Å²) in [6.07, 6.45) is 6.57. The molecule has 0 bridgehead atoms.